The smallest absolute Gasteiger partial charge is 0.180 e. The van der Waals surface area contributed by atoms with Crippen molar-refractivity contribution in [3.8, 4) is 0 Å². The molecule has 2 aromatic heterocycles. The van der Waals surface area contributed by atoms with Gasteiger partial charge in [0.25, 0.3) is 0 Å². The van der Waals surface area contributed by atoms with Gasteiger partial charge in [-0.3, -0.25) is 4.79 Å². The molecule has 0 radical (unpaired) electrons. The number of carbonyl (C=O) groups excluding carboxylic acids is 1. The molecular weight excluding hydrogens is 190 g/mol. The van der Waals surface area contributed by atoms with E-state index in [-0.39, 0.29) is 5.78 Å². The minimum Gasteiger partial charge on any atom is -0.301 e. The molecule has 0 saturated heterocycles. The number of halogens is 1. The Hall–Kier alpha value is -1.42. The SMILES string of the molecule is CC(=O)c1ncn2ccnc(Cl)c12. The van der Waals surface area contributed by atoms with Gasteiger partial charge < -0.3 is 4.40 Å². The summed E-state index contributed by atoms with van der Waals surface area (Å²) in [5.74, 6) is -0.114. The third-order valence-corrected chi connectivity index (χ3v) is 2.01. The molecule has 2 rings (SSSR count). The largest absolute Gasteiger partial charge is 0.301 e. The van der Waals surface area contributed by atoms with Gasteiger partial charge in [0.2, 0.25) is 0 Å². The van der Waals surface area contributed by atoms with Crippen molar-refractivity contribution in [1.82, 2.24) is 14.4 Å². The van der Waals surface area contributed by atoms with Gasteiger partial charge in [-0.15, -0.1) is 0 Å². The Bertz CT molecular complexity index is 477. The maximum absolute atomic E-state index is 11.1. The zero-order valence-electron chi connectivity index (χ0n) is 6.86. The topological polar surface area (TPSA) is 47.3 Å². The number of carbonyl (C=O) groups is 1. The van der Waals surface area contributed by atoms with E-state index in [2.05, 4.69) is 9.97 Å². The summed E-state index contributed by atoms with van der Waals surface area (Å²) in [7, 11) is 0. The average Bonchev–Trinajstić information content (AvgIpc) is 2.49. The zero-order valence-corrected chi connectivity index (χ0v) is 7.62. The predicted molar refractivity (Wildman–Crippen MR) is 48.0 cm³/mol. The summed E-state index contributed by atoms with van der Waals surface area (Å²) in [5, 5.41) is 0.296. The van der Waals surface area contributed by atoms with Gasteiger partial charge >= 0.3 is 0 Å². The molecule has 0 atom stereocenters. The van der Waals surface area contributed by atoms with Crippen molar-refractivity contribution in [2.45, 2.75) is 6.92 Å². The first-order valence-electron chi connectivity index (χ1n) is 3.68. The van der Waals surface area contributed by atoms with E-state index in [1.54, 1.807) is 23.1 Å². The first-order valence-corrected chi connectivity index (χ1v) is 4.06. The molecule has 0 aliphatic heterocycles. The van der Waals surface area contributed by atoms with Crippen molar-refractivity contribution in [3.63, 3.8) is 0 Å². The van der Waals surface area contributed by atoms with Crippen molar-refractivity contribution < 1.29 is 4.79 Å². The molecule has 66 valence electrons. The Morgan fingerprint density at radius 3 is 3.00 bits per heavy atom. The number of Topliss-reactive ketones (excluding diaryl/α,β-unsaturated/α-hetero) is 1. The summed E-state index contributed by atoms with van der Waals surface area (Å²) >= 11 is 5.82. The van der Waals surface area contributed by atoms with Gasteiger partial charge in [-0.1, -0.05) is 11.6 Å². The van der Waals surface area contributed by atoms with E-state index in [1.807, 2.05) is 0 Å². The van der Waals surface area contributed by atoms with Crippen LogP contribution in [0.5, 0.6) is 0 Å². The van der Waals surface area contributed by atoms with Crippen LogP contribution in [0.15, 0.2) is 18.7 Å². The number of fused-ring (bicyclic) bond motifs is 1. The summed E-state index contributed by atoms with van der Waals surface area (Å²) in [6.07, 6.45) is 4.79. The monoisotopic (exact) mass is 195 g/mol. The molecule has 0 bridgehead atoms. The maximum atomic E-state index is 11.1. The van der Waals surface area contributed by atoms with E-state index in [9.17, 15) is 4.79 Å². The number of ketones is 1. The van der Waals surface area contributed by atoms with Crippen molar-refractivity contribution in [1.29, 1.82) is 0 Å². The van der Waals surface area contributed by atoms with E-state index >= 15 is 0 Å². The minimum absolute atomic E-state index is 0.114. The Labute approximate surface area is 79.2 Å². The van der Waals surface area contributed by atoms with E-state index in [0.717, 1.165) is 0 Å². The van der Waals surface area contributed by atoms with Gasteiger partial charge in [0.05, 0.1) is 0 Å². The van der Waals surface area contributed by atoms with E-state index in [0.29, 0.717) is 16.4 Å². The van der Waals surface area contributed by atoms with E-state index < -0.39 is 0 Å². The summed E-state index contributed by atoms with van der Waals surface area (Å²) in [4.78, 5) is 18.9. The molecule has 0 unspecified atom stereocenters. The number of hydrogen-bond donors (Lipinski definition) is 0. The Morgan fingerprint density at radius 1 is 1.54 bits per heavy atom. The Morgan fingerprint density at radius 2 is 2.31 bits per heavy atom. The van der Waals surface area contributed by atoms with Crippen LogP contribution in [0.3, 0.4) is 0 Å². The highest BCUT2D eigenvalue weighted by Gasteiger charge is 2.11. The number of hydrogen-bond acceptors (Lipinski definition) is 3. The first-order chi connectivity index (χ1) is 6.20. The minimum atomic E-state index is -0.114. The third-order valence-electron chi connectivity index (χ3n) is 1.74. The molecule has 0 aliphatic carbocycles. The van der Waals surface area contributed by atoms with Crippen LogP contribution >= 0.6 is 11.6 Å². The molecule has 2 heterocycles. The lowest BCUT2D eigenvalue weighted by Gasteiger charge is -1.95. The summed E-state index contributed by atoms with van der Waals surface area (Å²) in [6, 6.07) is 0. The van der Waals surface area contributed by atoms with Crippen LogP contribution in [-0.2, 0) is 0 Å². The van der Waals surface area contributed by atoms with Crippen molar-refractivity contribution in [2.24, 2.45) is 0 Å². The molecule has 0 aromatic carbocycles. The summed E-state index contributed by atoms with van der Waals surface area (Å²) in [6.45, 7) is 1.45. The van der Waals surface area contributed by atoms with Gasteiger partial charge in [-0.05, 0) is 0 Å². The Balaban J connectivity index is 2.86. The summed E-state index contributed by atoms with van der Waals surface area (Å²) in [5.41, 5.74) is 0.926. The quantitative estimate of drug-likeness (QED) is 0.650. The van der Waals surface area contributed by atoms with Crippen molar-refractivity contribution in [3.05, 3.63) is 29.6 Å². The first kappa shape index (κ1) is 8.19. The fourth-order valence-corrected chi connectivity index (χ4v) is 1.41. The normalized spacial score (nSPS) is 10.6. The van der Waals surface area contributed by atoms with Crippen LogP contribution in [0.25, 0.3) is 5.52 Å². The van der Waals surface area contributed by atoms with Gasteiger partial charge in [-0.25, -0.2) is 9.97 Å². The number of nitrogens with zero attached hydrogens (tertiary/aromatic N) is 3. The van der Waals surface area contributed by atoms with Crippen molar-refractivity contribution in [2.75, 3.05) is 0 Å². The molecule has 13 heavy (non-hydrogen) atoms. The molecule has 5 heteroatoms. The van der Waals surface area contributed by atoms with Crippen LogP contribution in [0.4, 0.5) is 0 Å². The molecule has 4 nitrogen and oxygen atoms in total. The Kier molecular flexibility index (Phi) is 1.77. The van der Waals surface area contributed by atoms with E-state index in [4.69, 9.17) is 11.6 Å². The van der Waals surface area contributed by atoms with Gasteiger partial charge in [0.15, 0.2) is 10.9 Å². The molecule has 0 amide bonds. The summed E-state index contributed by atoms with van der Waals surface area (Å²) < 4.78 is 1.67. The molecule has 0 fully saturated rings. The highest BCUT2D eigenvalue weighted by molar-refractivity contribution is 6.33. The zero-order chi connectivity index (χ0) is 9.42. The lowest BCUT2D eigenvalue weighted by Crippen LogP contribution is -1.94. The highest BCUT2D eigenvalue weighted by Crippen LogP contribution is 2.17. The van der Waals surface area contributed by atoms with Gasteiger partial charge in [0, 0.05) is 19.3 Å². The van der Waals surface area contributed by atoms with Crippen molar-refractivity contribution >= 4 is 22.9 Å². The van der Waals surface area contributed by atoms with Crippen LogP contribution in [-0.4, -0.2) is 20.2 Å². The van der Waals surface area contributed by atoms with Crippen LogP contribution in [0, 0.1) is 0 Å². The van der Waals surface area contributed by atoms with Crippen LogP contribution in [0.2, 0.25) is 5.15 Å². The highest BCUT2D eigenvalue weighted by atomic mass is 35.5. The number of rotatable bonds is 1. The second-order valence-electron chi connectivity index (χ2n) is 2.62. The molecule has 0 saturated carbocycles. The lowest BCUT2D eigenvalue weighted by atomic mass is 10.3. The lowest BCUT2D eigenvalue weighted by molar-refractivity contribution is 0.101. The molecule has 0 N–H and O–H groups in total. The second-order valence-corrected chi connectivity index (χ2v) is 2.98. The molecule has 0 aliphatic rings. The van der Waals surface area contributed by atoms with Crippen LogP contribution < -0.4 is 0 Å². The number of aromatic nitrogens is 3. The molecular formula is C8H6ClN3O. The van der Waals surface area contributed by atoms with Crippen LogP contribution in [0.1, 0.15) is 17.4 Å². The fourth-order valence-electron chi connectivity index (χ4n) is 1.17. The standard InChI is InChI=1S/C8H6ClN3O/c1-5(13)6-7-8(9)10-2-3-12(7)4-11-6/h2-4H,1H3. The maximum Gasteiger partial charge on any atom is 0.180 e. The second kappa shape index (κ2) is 2.81. The number of imidazole rings is 1. The van der Waals surface area contributed by atoms with Gasteiger partial charge in [0.1, 0.15) is 17.5 Å². The molecule has 0 spiro atoms. The third kappa shape index (κ3) is 1.19. The fraction of sp³-hybridized carbons (Fsp3) is 0.125. The molecule has 2 aromatic rings. The predicted octanol–water partition coefficient (Wildman–Crippen LogP) is 1.59. The van der Waals surface area contributed by atoms with Gasteiger partial charge in [-0.2, -0.15) is 0 Å². The average molecular weight is 196 g/mol. The van der Waals surface area contributed by atoms with E-state index in [1.165, 1.54) is 6.92 Å².